The van der Waals surface area contributed by atoms with E-state index in [1.165, 1.54) is 26.2 Å². The van der Waals surface area contributed by atoms with E-state index < -0.39 is 54.7 Å². The topological polar surface area (TPSA) is 167 Å². The fourth-order valence-corrected chi connectivity index (χ4v) is 5.50. The number of aldehydes is 1. The van der Waals surface area contributed by atoms with E-state index in [1.807, 2.05) is 4.98 Å². The average Bonchev–Trinajstić information content (AvgIpc) is 3.10. The number of ether oxygens (including phenoxy) is 3. The highest BCUT2D eigenvalue weighted by Gasteiger charge is 2.58. The van der Waals surface area contributed by atoms with Crippen molar-refractivity contribution in [3.63, 3.8) is 0 Å². The molecule has 0 aliphatic carbocycles. The smallest absolute Gasteiger partial charge is 0.459 e. The molecule has 1 aliphatic rings. The van der Waals surface area contributed by atoms with Crippen LogP contribution < -0.4 is 25.6 Å². The first-order valence-electron chi connectivity index (χ1n) is 11.7. The van der Waals surface area contributed by atoms with Crippen molar-refractivity contribution in [1.82, 2.24) is 14.6 Å². The fourth-order valence-electron chi connectivity index (χ4n) is 3.54. The van der Waals surface area contributed by atoms with Crippen LogP contribution in [0.4, 0.5) is 4.39 Å². The highest BCUT2D eigenvalue weighted by Crippen LogP contribution is 2.50. The van der Waals surface area contributed by atoms with Gasteiger partial charge in [0, 0.05) is 12.3 Å². The predicted octanol–water partition coefficient (Wildman–Crippen LogP) is 1.88. The maximum Gasteiger partial charge on any atom is 0.459 e. The molecule has 2 aromatic rings. The van der Waals surface area contributed by atoms with E-state index >= 15 is 4.39 Å². The SMILES string of the molecule is COc1ccccc1OP(=O)(NC(C)(C=O)COC(C)C)OC[C@H]1O[C@H](n2ccc(=O)[nH]c2=O)[C@@](F)(Cl)[C@@H]1O. The lowest BCUT2D eigenvalue weighted by Crippen LogP contribution is -2.48. The van der Waals surface area contributed by atoms with Crippen LogP contribution in [0.25, 0.3) is 0 Å². The lowest BCUT2D eigenvalue weighted by molar-refractivity contribution is -0.115. The lowest BCUT2D eigenvalue weighted by atomic mass is 10.1. The molecule has 1 fully saturated rings. The molecule has 0 radical (unpaired) electrons. The van der Waals surface area contributed by atoms with Gasteiger partial charge in [0.2, 0.25) is 0 Å². The number of rotatable bonds is 13. The third kappa shape index (κ3) is 7.34. The quantitative estimate of drug-likeness (QED) is 0.176. The van der Waals surface area contributed by atoms with Crippen LogP contribution in [0.15, 0.2) is 46.1 Å². The van der Waals surface area contributed by atoms with Crippen molar-refractivity contribution in [3.8, 4) is 11.5 Å². The minimum atomic E-state index is -4.52. The number of alkyl halides is 2. The summed E-state index contributed by atoms with van der Waals surface area (Å²) in [5.41, 5.74) is -3.35. The largest absolute Gasteiger partial charge is 0.493 e. The molecule has 0 spiro atoms. The summed E-state index contributed by atoms with van der Waals surface area (Å²) in [5, 5.41) is 10.0. The van der Waals surface area contributed by atoms with Crippen molar-refractivity contribution in [1.29, 1.82) is 0 Å². The first-order chi connectivity index (χ1) is 18.2. The Hall–Kier alpha value is -2.58. The summed E-state index contributed by atoms with van der Waals surface area (Å²) in [4.78, 5) is 37.4. The number of hydrogen-bond acceptors (Lipinski definition) is 10. The van der Waals surface area contributed by atoms with E-state index in [0.717, 1.165) is 12.3 Å². The Morgan fingerprint density at radius 2 is 2.00 bits per heavy atom. The lowest BCUT2D eigenvalue weighted by Gasteiger charge is -2.31. The highest BCUT2D eigenvalue weighted by atomic mass is 35.5. The Bertz CT molecular complexity index is 1320. The zero-order chi connectivity index (χ0) is 29.0. The van der Waals surface area contributed by atoms with Gasteiger partial charge in [-0.2, -0.15) is 5.09 Å². The Morgan fingerprint density at radius 1 is 1.33 bits per heavy atom. The third-order valence-electron chi connectivity index (χ3n) is 5.55. The Balaban J connectivity index is 1.88. The summed E-state index contributed by atoms with van der Waals surface area (Å²) in [7, 11) is -3.16. The molecule has 1 saturated heterocycles. The van der Waals surface area contributed by atoms with Crippen molar-refractivity contribution in [2.75, 3.05) is 20.3 Å². The van der Waals surface area contributed by atoms with E-state index in [4.69, 9.17) is 34.9 Å². The van der Waals surface area contributed by atoms with E-state index in [9.17, 15) is 24.1 Å². The molecular weight excluding hydrogens is 564 g/mol. The van der Waals surface area contributed by atoms with Crippen molar-refractivity contribution < 1.29 is 42.1 Å². The normalized spacial score (nSPS) is 26.1. The van der Waals surface area contributed by atoms with Gasteiger partial charge in [0.25, 0.3) is 10.7 Å². The molecule has 6 atom stereocenters. The van der Waals surface area contributed by atoms with Crippen LogP contribution >= 0.6 is 19.3 Å². The van der Waals surface area contributed by atoms with E-state index in [-0.39, 0.29) is 24.2 Å². The van der Waals surface area contributed by atoms with Crippen molar-refractivity contribution in [3.05, 3.63) is 57.4 Å². The number of hydrogen-bond donors (Lipinski definition) is 3. The first-order valence-corrected chi connectivity index (χ1v) is 13.6. The number of H-pyrrole nitrogens is 1. The van der Waals surface area contributed by atoms with Gasteiger partial charge in [-0.15, -0.1) is 0 Å². The minimum Gasteiger partial charge on any atom is -0.493 e. The maximum atomic E-state index is 15.3. The molecular formula is C23H30ClFN3O10P. The molecule has 39 heavy (non-hydrogen) atoms. The molecule has 13 nitrogen and oxygen atoms in total. The molecule has 1 aromatic heterocycles. The molecule has 16 heteroatoms. The molecule has 0 saturated carbocycles. The highest BCUT2D eigenvalue weighted by molar-refractivity contribution is 7.52. The van der Waals surface area contributed by atoms with Gasteiger partial charge in [-0.3, -0.25) is 18.9 Å². The van der Waals surface area contributed by atoms with Gasteiger partial charge in [-0.25, -0.2) is 13.8 Å². The molecule has 3 N–H and O–H groups in total. The number of halogens is 2. The second-order valence-electron chi connectivity index (χ2n) is 9.21. The number of para-hydroxylation sites is 2. The molecule has 0 amide bonds. The molecule has 0 bridgehead atoms. The molecule has 1 aliphatic heterocycles. The number of aromatic amines is 1. The summed E-state index contributed by atoms with van der Waals surface area (Å²) in [5.74, 6) is 0.171. The average molecular weight is 594 g/mol. The summed E-state index contributed by atoms with van der Waals surface area (Å²) in [6.07, 6.45) is -4.39. The van der Waals surface area contributed by atoms with Crippen molar-refractivity contribution >= 4 is 25.6 Å². The molecule has 3 rings (SSSR count). The standard InChI is InChI=1S/C23H30ClFN3O10P/c1-14(2)35-13-22(3,12-29)27-39(33,38-16-8-6-5-7-15(16)34-4)36-11-17-19(31)23(24,25)20(37-17)28-10-9-18(30)26-21(28)32/h5-10,12,14,17,19-20,31H,11,13H2,1-4H3,(H,27,33)(H,26,30,32)/t17-,19-,20+,22?,23-,39?/m1/s1. The number of aliphatic hydroxyl groups excluding tert-OH is 1. The van der Waals surface area contributed by atoms with Gasteiger partial charge in [0.15, 0.2) is 17.7 Å². The minimum absolute atomic E-state index is 0.0170. The molecule has 1 aromatic carbocycles. The van der Waals surface area contributed by atoms with Crippen molar-refractivity contribution in [2.45, 2.75) is 56.0 Å². The van der Waals surface area contributed by atoms with E-state index in [0.29, 0.717) is 10.9 Å². The Kier molecular flexibility index (Phi) is 9.76. The Morgan fingerprint density at radius 3 is 2.59 bits per heavy atom. The van der Waals surface area contributed by atoms with Gasteiger partial charge in [-0.05, 0) is 32.9 Å². The zero-order valence-electron chi connectivity index (χ0n) is 21.5. The van der Waals surface area contributed by atoms with Crippen LogP contribution in [0, 0.1) is 0 Å². The molecule has 216 valence electrons. The predicted molar refractivity (Wildman–Crippen MR) is 137 cm³/mol. The van der Waals surface area contributed by atoms with Crippen LogP contribution in [-0.4, -0.2) is 70.2 Å². The van der Waals surface area contributed by atoms with E-state index in [1.54, 1.807) is 26.0 Å². The molecule has 2 heterocycles. The van der Waals surface area contributed by atoms with Gasteiger partial charge < -0.3 is 28.6 Å². The number of nitrogens with zero attached hydrogens (tertiary/aromatic N) is 1. The summed E-state index contributed by atoms with van der Waals surface area (Å²) in [6.45, 7) is 3.89. The Labute approximate surface area is 227 Å². The molecule has 2 unspecified atom stereocenters. The van der Waals surface area contributed by atoms with Crippen molar-refractivity contribution in [2.24, 2.45) is 0 Å². The van der Waals surface area contributed by atoms with Crippen LogP contribution in [0.1, 0.15) is 27.0 Å². The third-order valence-corrected chi connectivity index (χ3v) is 7.67. The maximum absolute atomic E-state index is 15.3. The first kappa shape index (κ1) is 31.0. The van der Waals surface area contributed by atoms with Crippen LogP contribution in [0.5, 0.6) is 11.5 Å². The number of aromatic nitrogens is 2. The summed E-state index contributed by atoms with van der Waals surface area (Å²) < 4.78 is 57.3. The number of carbonyl (C=O) groups is 1. The van der Waals surface area contributed by atoms with Gasteiger partial charge >= 0.3 is 13.4 Å². The number of carbonyl (C=O) groups excluding carboxylic acids is 1. The van der Waals surface area contributed by atoms with Crippen LogP contribution in [0.2, 0.25) is 0 Å². The number of aliphatic hydroxyl groups is 1. The van der Waals surface area contributed by atoms with Gasteiger partial charge in [0.1, 0.15) is 24.0 Å². The number of methoxy groups -OCH3 is 1. The summed E-state index contributed by atoms with van der Waals surface area (Å²) in [6, 6.07) is 7.11. The number of benzene rings is 1. The second kappa shape index (κ2) is 12.3. The fraction of sp³-hybridized carbons (Fsp3) is 0.522. The monoisotopic (exact) mass is 593 g/mol. The van der Waals surface area contributed by atoms with Crippen LogP contribution in [-0.2, 0) is 23.4 Å². The van der Waals surface area contributed by atoms with Gasteiger partial charge in [-0.1, -0.05) is 23.7 Å². The zero-order valence-corrected chi connectivity index (χ0v) is 23.2. The van der Waals surface area contributed by atoms with Gasteiger partial charge in [0.05, 0.1) is 26.4 Å². The number of nitrogens with one attached hydrogen (secondary N) is 2. The second-order valence-corrected chi connectivity index (χ2v) is 11.4. The van der Waals surface area contributed by atoms with E-state index in [2.05, 4.69) is 5.09 Å². The van der Waals surface area contributed by atoms with Crippen LogP contribution in [0.3, 0.4) is 0 Å². The summed E-state index contributed by atoms with van der Waals surface area (Å²) >= 11 is 5.90.